The van der Waals surface area contributed by atoms with Crippen molar-refractivity contribution in [1.82, 2.24) is 4.98 Å². The van der Waals surface area contributed by atoms with Gasteiger partial charge in [-0.05, 0) is 58.1 Å². The van der Waals surface area contributed by atoms with E-state index in [0.717, 1.165) is 40.4 Å². The Hall–Kier alpha value is -1.84. The smallest absolute Gasteiger partial charge is 0.126 e. The van der Waals surface area contributed by atoms with E-state index >= 15 is 0 Å². The van der Waals surface area contributed by atoms with Crippen LogP contribution in [-0.4, -0.2) is 23.8 Å². The molecule has 1 aromatic rings. The third-order valence-corrected chi connectivity index (χ3v) is 5.06. The van der Waals surface area contributed by atoms with Crippen LogP contribution in [0.4, 0.5) is 5.69 Å². The van der Waals surface area contributed by atoms with Gasteiger partial charge >= 0.3 is 0 Å². The molecule has 1 rings (SSSR count). The van der Waals surface area contributed by atoms with E-state index in [2.05, 4.69) is 27.7 Å². The van der Waals surface area contributed by atoms with E-state index in [1.807, 2.05) is 26.8 Å². The first-order valence-electron chi connectivity index (χ1n) is 9.93. The van der Waals surface area contributed by atoms with E-state index in [1.165, 1.54) is 25.0 Å². The molecule has 0 bridgehead atoms. The Kier molecular flexibility index (Phi) is 9.39. The molecule has 0 aromatic carbocycles. The van der Waals surface area contributed by atoms with E-state index in [4.69, 9.17) is 20.4 Å². The molecule has 1 atom stereocenters. The summed E-state index contributed by atoms with van der Waals surface area (Å²) in [5, 5.41) is 0. The van der Waals surface area contributed by atoms with Gasteiger partial charge < -0.3 is 10.5 Å². The van der Waals surface area contributed by atoms with Crippen LogP contribution in [-0.2, 0) is 11.2 Å². The summed E-state index contributed by atoms with van der Waals surface area (Å²) in [5.41, 5.74) is 12.3. The zero-order chi connectivity index (χ0) is 19.7. The number of anilines is 1. The van der Waals surface area contributed by atoms with Crippen LogP contribution >= 0.6 is 0 Å². The number of aromatic nitrogens is 1. The van der Waals surface area contributed by atoms with Gasteiger partial charge in [0.25, 0.3) is 0 Å². The van der Waals surface area contributed by atoms with Crippen molar-refractivity contribution in [3.05, 3.63) is 28.6 Å². The van der Waals surface area contributed by atoms with Crippen LogP contribution in [0.1, 0.15) is 76.4 Å². The lowest BCUT2D eigenvalue weighted by Crippen LogP contribution is -2.11. The fourth-order valence-corrected chi connectivity index (χ4v) is 2.96. The Morgan fingerprint density at radius 2 is 2.00 bits per heavy atom. The van der Waals surface area contributed by atoms with Crippen LogP contribution in [0.25, 0.3) is 5.76 Å². The fraction of sp³-hybridized carbons (Fsp3) is 0.636. The normalized spacial score (nSPS) is 13.8. The molecule has 4 nitrogen and oxygen atoms in total. The molecule has 1 heterocycles. The highest BCUT2D eigenvalue weighted by Crippen LogP contribution is 2.30. The summed E-state index contributed by atoms with van der Waals surface area (Å²) >= 11 is 0. The monoisotopic (exact) mass is 359 g/mol. The molecule has 4 heteroatoms. The summed E-state index contributed by atoms with van der Waals surface area (Å²) in [7, 11) is 0. The summed E-state index contributed by atoms with van der Waals surface area (Å²) in [6.45, 7) is 15.9. The maximum absolute atomic E-state index is 6.39. The van der Waals surface area contributed by atoms with Crippen LogP contribution in [0, 0.1) is 19.8 Å². The molecule has 0 aliphatic carbocycles. The van der Waals surface area contributed by atoms with Crippen molar-refractivity contribution in [2.24, 2.45) is 10.9 Å². The molecule has 146 valence electrons. The van der Waals surface area contributed by atoms with E-state index in [1.54, 1.807) is 0 Å². The van der Waals surface area contributed by atoms with Gasteiger partial charge in [0.2, 0.25) is 0 Å². The molecule has 0 fully saturated rings. The van der Waals surface area contributed by atoms with E-state index in [0.29, 0.717) is 19.1 Å². The molecule has 1 unspecified atom stereocenters. The average Bonchev–Trinajstić information content (AvgIpc) is 2.64. The second-order valence-electron chi connectivity index (χ2n) is 6.98. The second kappa shape index (κ2) is 11.0. The van der Waals surface area contributed by atoms with Crippen LogP contribution in [0.5, 0.6) is 0 Å². The minimum absolute atomic E-state index is 0.544. The number of nitrogen functional groups attached to an aromatic ring is 1. The predicted octanol–water partition coefficient (Wildman–Crippen LogP) is 5.51. The van der Waals surface area contributed by atoms with Crippen molar-refractivity contribution in [2.75, 3.05) is 18.9 Å². The molecule has 2 N–H and O–H groups in total. The third kappa shape index (κ3) is 5.86. The molecule has 0 saturated carbocycles. The average molecular weight is 360 g/mol. The summed E-state index contributed by atoms with van der Waals surface area (Å²) < 4.78 is 6.04. The Morgan fingerprint density at radius 1 is 1.31 bits per heavy atom. The van der Waals surface area contributed by atoms with Gasteiger partial charge in [0.05, 0.1) is 17.8 Å². The topological polar surface area (TPSA) is 60.5 Å². The van der Waals surface area contributed by atoms with Crippen LogP contribution in [0.2, 0.25) is 0 Å². The number of nitrogens with two attached hydrogens (primary N) is 1. The number of hydrogen-bond acceptors (Lipinski definition) is 4. The summed E-state index contributed by atoms with van der Waals surface area (Å²) in [5.74, 6) is 1.35. The number of allylic oxidation sites excluding steroid dienone is 1. The van der Waals surface area contributed by atoms with Crippen LogP contribution in [0.3, 0.4) is 0 Å². The van der Waals surface area contributed by atoms with Gasteiger partial charge in [0.15, 0.2) is 0 Å². The van der Waals surface area contributed by atoms with Gasteiger partial charge in [0, 0.05) is 17.1 Å². The summed E-state index contributed by atoms with van der Waals surface area (Å²) in [4.78, 5) is 9.39. The van der Waals surface area contributed by atoms with Crippen molar-refractivity contribution in [3.8, 4) is 0 Å². The first-order valence-corrected chi connectivity index (χ1v) is 9.93. The maximum Gasteiger partial charge on any atom is 0.126 e. The molecule has 1 aromatic heterocycles. The van der Waals surface area contributed by atoms with Gasteiger partial charge in [-0.3, -0.25) is 9.98 Å². The fourth-order valence-electron chi connectivity index (χ4n) is 2.96. The van der Waals surface area contributed by atoms with Crippen molar-refractivity contribution in [1.29, 1.82) is 0 Å². The summed E-state index contributed by atoms with van der Waals surface area (Å²) in [6.07, 6.45) is 6.50. The van der Waals surface area contributed by atoms with Crippen LogP contribution < -0.4 is 5.73 Å². The van der Waals surface area contributed by atoms with Gasteiger partial charge in [-0.1, -0.05) is 33.6 Å². The molecule has 0 radical (unpaired) electrons. The number of ether oxygens (including phenoxy) is 1. The van der Waals surface area contributed by atoms with Crippen LogP contribution in [0.15, 0.2) is 11.1 Å². The zero-order valence-corrected chi connectivity index (χ0v) is 17.8. The van der Waals surface area contributed by atoms with Crippen molar-refractivity contribution >= 4 is 17.2 Å². The van der Waals surface area contributed by atoms with Gasteiger partial charge in [-0.15, -0.1) is 0 Å². The molecule has 0 amide bonds. The van der Waals surface area contributed by atoms with Gasteiger partial charge in [0.1, 0.15) is 12.4 Å². The van der Waals surface area contributed by atoms with E-state index in [-0.39, 0.29) is 0 Å². The molecule has 0 spiro atoms. The highest BCUT2D eigenvalue weighted by Gasteiger charge is 2.16. The Labute approximate surface area is 160 Å². The third-order valence-electron chi connectivity index (χ3n) is 5.06. The number of pyridine rings is 1. The summed E-state index contributed by atoms with van der Waals surface area (Å²) in [6, 6.07) is 0. The Morgan fingerprint density at radius 3 is 2.58 bits per heavy atom. The molecular weight excluding hydrogens is 322 g/mol. The minimum Gasteiger partial charge on any atom is -0.491 e. The van der Waals surface area contributed by atoms with Crippen molar-refractivity contribution in [3.63, 3.8) is 0 Å². The Bertz CT molecular complexity index is 647. The van der Waals surface area contributed by atoms with Gasteiger partial charge in [-0.25, -0.2) is 0 Å². The largest absolute Gasteiger partial charge is 0.491 e. The standard InChI is InChI=1S/C22H37N3O/c1-8-11-12-15(4)17(6)24-13-14-26-20(10-3)21-19(9-2)25-18(7)16(5)22(21)23/h10,15H,8-9,11-14H2,1-7H3,(H2,23,25). The number of aryl methyl sites for hydroxylation is 2. The first-order chi connectivity index (χ1) is 12.4. The predicted molar refractivity (Wildman–Crippen MR) is 114 cm³/mol. The highest BCUT2D eigenvalue weighted by molar-refractivity contribution is 5.84. The highest BCUT2D eigenvalue weighted by atomic mass is 16.5. The van der Waals surface area contributed by atoms with E-state index < -0.39 is 0 Å². The number of aliphatic imine (C=N–C) groups is 1. The molecule has 0 aliphatic heterocycles. The van der Waals surface area contributed by atoms with Crippen molar-refractivity contribution < 1.29 is 4.74 Å². The lowest BCUT2D eigenvalue weighted by molar-refractivity contribution is 0.287. The maximum atomic E-state index is 6.39. The SMILES string of the molecule is CC=C(OCCN=C(C)C(C)CCCC)c1c(CC)nc(C)c(C)c1N. The number of nitrogens with zero attached hydrogens (tertiary/aromatic N) is 2. The number of hydrogen-bond donors (Lipinski definition) is 1. The molecule has 0 aliphatic rings. The quantitative estimate of drug-likeness (QED) is 0.340. The number of unbranched alkanes of at least 4 members (excludes halogenated alkanes) is 1. The lowest BCUT2D eigenvalue weighted by atomic mass is 10.00. The molecule has 0 saturated heterocycles. The minimum atomic E-state index is 0.544. The molecular formula is C22H37N3O. The molecule has 26 heavy (non-hydrogen) atoms. The zero-order valence-electron chi connectivity index (χ0n) is 17.8. The lowest BCUT2D eigenvalue weighted by Gasteiger charge is -2.18. The second-order valence-corrected chi connectivity index (χ2v) is 6.98. The van der Waals surface area contributed by atoms with Gasteiger partial charge in [-0.2, -0.15) is 0 Å². The van der Waals surface area contributed by atoms with E-state index in [9.17, 15) is 0 Å². The van der Waals surface area contributed by atoms with Crippen molar-refractivity contribution in [2.45, 2.75) is 74.1 Å². The number of rotatable bonds is 10. The Balaban J connectivity index is 2.80. The first kappa shape index (κ1) is 22.2.